The van der Waals surface area contributed by atoms with Crippen LogP contribution >= 0.6 is 11.6 Å². The first-order valence-electron chi connectivity index (χ1n) is 5.87. The number of fused-ring (bicyclic) bond motifs is 1. The average molecular weight is 284 g/mol. The van der Waals surface area contributed by atoms with E-state index in [0.717, 1.165) is 29.3 Å². The van der Waals surface area contributed by atoms with Crippen molar-refractivity contribution in [3.05, 3.63) is 22.7 Å². The second-order valence-electron chi connectivity index (χ2n) is 4.66. The summed E-state index contributed by atoms with van der Waals surface area (Å²) >= 11 is 6.23. The second kappa shape index (κ2) is 4.24. The van der Waals surface area contributed by atoms with Crippen molar-refractivity contribution in [3.8, 4) is 0 Å². The van der Waals surface area contributed by atoms with Gasteiger partial charge in [-0.25, -0.2) is 4.21 Å². The van der Waals surface area contributed by atoms with E-state index in [1.54, 1.807) is 4.68 Å². The molecule has 1 aliphatic rings. The summed E-state index contributed by atoms with van der Waals surface area (Å²) in [5.74, 6) is 0.617. The third kappa shape index (κ3) is 1.91. The largest absolute Gasteiger partial charge is 0.287 e. The van der Waals surface area contributed by atoms with Gasteiger partial charge in [-0.15, -0.1) is 0 Å². The van der Waals surface area contributed by atoms with Crippen LogP contribution in [0.4, 0.5) is 5.82 Å². The summed E-state index contributed by atoms with van der Waals surface area (Å²) in [5, 5.41) is 6.15. The second-order valence-corrected chi connectivity index (χ2v) is 6.53. The molecule has 1 unspecified atom stereocenters. The lowest BCUT2D eigenvalue weighted by Gasteiger charge is -2.03. The number of rotatable bonds is 3. The fourth-order valence-electron chi connectivity index (χ4n) is 2.10. The monoisotopic (exact) mass is 283 g/mol. The van der Waals surface area contributed by atoms with Crippen LogP contribution in [0, 0.1) is 6.92 Å². The lowest BCUT2D eigenvalue weighted by Crippen LogP contribution is -2.09. The molecular formula is C12H14ClN3OS. The topological polar surface area (TPSA) is 46.9 Å². The van der Waals surface area contributed by atoms with E-state index in [-0.39, 0.29) is 5.25 Å². The Bertz CT molecular complexity index is 648. The zero-order chi connectivity index (χ0) is 12.9. The fraction of sp³-hybridized carbons (Fsp3) is 0.417. The molecule has 1 aromatic carbocycles. The Balaban J connectivity index is 2.11. The van der Waals surface area contributed by atoms with Crippen molar-refractivity contribution in [1.82, 2.24) is 9.78 Å². The zero-order valence-corrected chi connectivity index (χ0v) is 11.8. The van der Waals surface area contributed by atoms with Gasteiger partial charge < -0.3 is 0 Å². The molecule has 0 aliphatic heterocycles. The van der Waals surface area contributed by atoms with Gasteiger partial charge in [0.2, 0.25) is 0 Å². The van der Waals surface area contributed by atoms with Crippen molar-refractivity contribution in [2.75, 3.05) is 4.72 Å². The molecule has 0 amide bonds. The average Bonchev–Trinajstić information content (AvgIpc) is 3.10. The third-order valence-corrected chi connectivity index (χ3v) is 4.95. The quantitative estimate of drug-likeness (QED) is 0.941. The first-order valence-corrected chi connectivity index (χ1v) is 7.46. The fourth-order valence-corrected chi connectivity index (χ4v) is 3.40. The Morgan fingerprint density at radius 2 is 2.22 bits per heavy atom. The number of halogens is 1. The molecule has 0 saturated heterocycles. The highest BCUT2D eigenvalue weighted by Crippen LogP contribution is 2.34. The van der Waals surface area contributed by atoms with Crippen LogP contribution in [0.15, 0.2) is 12.1 Å². The van der Waals surface area contributed by atoms with Gasteiger partial charge in [0.15, 0.2) is 5.82 Å². The van der Waals surface area contributed by atoms with Crippen LogP contribution in [0.5, 0.6) is 0 Å². The van der Waals surface area contributed by atoms with E-state index in [1.165, 1.54) is 0 Å². The molecule has 0 spiro atoms. The molecule has 96 valence electrons. The Kier molecular flexibility index (Phi) is 2.83. The highest BCUT2D eigenvalue weighted by atomic mass is 35.5. The van der Waals surface area contributed by atoms with Crippen LogP contribution in [0.2, 0.25) is 5.02 Å². The predicted molar refractivity (Wildman–Crippen MR) is 75.2 cm³/mol. The minimum Gasteiger partial charge on any atom is -0.287 e. The number of nitrogens with one attached hydrogen (secondary N) is 1. The van der Waals surface area contributed by atoms with Crippen molar-refractivity contribution in [2.24, 2.45) is 7.05 Å². The summed E-state index contributed by atoms with van der Waals surface area (Å²) in [7, 11) is 0.818. The van der Waals surface area contributed by atoms with Crippen molar-refractivity contribution in [1.29, 1.82) is 0 Å². The zero-order valence-electron chi connectivity index (χ0n) is 10.2. The summed E-state index contributed by atoms with van der Waals surface area (Å²) in [6.45, 7) is 2.02. The Morgan fingerprint density at radius 1 is 1.50 bits per heavy atom. The molecule has 18 heavy (non-hydrogen) atoms. The van der Waals surface area contributed by atoms with Crippen molar-refractivity contribution in [3.63, 3.8) is 0 Å². The number of nitrogens with zero attached hydrogens (tertiary/aromatic N) is 2. The maximum atomic E-state index is 11.9. The maximum Gasteiger partial charge on any atom is 0.169 e. The first kappa shape index (κ1) is 12.0. The molecule has 1 fully saturated rings. The molecule has 1 heterocycles. The highest BCUT2D eigenvalue weighted by molar-refractivity contribution is 7.87. The van der Waals surface area contributed by atoms with Gasteiger partial charge in [-0.1, -0.05) is 17.7 Å². The number of aryl methyl sites for hydroxylation is 2. The van der Waals surface area contributed by atoms with Gasteiger partial charge in [-0.3, -0.25) is 9.40 Å². The van der Waals surface area contributed by atoms with Gasteiger partial charge in [-0.2, -0.15) is 5.10 Å². The van der Waals surface area contributed by atoms with E-state index in [4.69, 9.17) is 11.6 Å². The van der Waals surface area contributed by atoms with Gasteiger partial charge in [0, 0.05) is 7.05 Å². The molecule has 1 aromatic heterocycles. The lowest BCUT2D eigenvalue weighted by atomic mass is 10.1. The molecular weight excluding hydrogens is 270 g/mol. The van der Waals surface area contributed by atoms with Crippen molar-refractivity contribution < 1.29 is 4.21 Å². The third-order valence-electron chi connectivity index (χ3n) is 3.16. The Labute approximate surface area is 113 Å². The number of hydrogen-bond donors (Lipinski definition) is 1. The molecule has 6 heteroatoms. The molecule has 2 aromatic rings. The van der Waals surface area contributed by atoms with Gasteiger partial charge in [-0.05, 0) is 31.4 Å². The summed E-state index contributed by atoms with van der Waals surface area (Å²) in [6, 6.07) is 3.82. The van der Waals surface area contributed by atoms with Crippen LogP contribution in [0.3, 0.4) is 0 Å². The Morgan fingerprint density at radius 3 is 2.89 bits per heavy atom. The minimum absolute atomic E-state index is 0.269. The molecule has 1 saturated carbocycles. The van der Waals surface area contributed by atoms with Crippen molar-refractivity contribution in [2.45, 2.75) is 25.0 Å². The summed E-state index contributed by atoms with van der Waals surface area (Å²) < 4.78 is 16.7. The van der Waals surface area contributed by atoms with Crippen LogP contribution < -0.4 is 4.72 Å². The standard InChI is InChI=1S/C12H14ClN3OS/c1-7-3-6-9(13)10-11(7)16(2)14-12(10)15-18(17)8-4-5-8/h3,6,8H,4-5H2,1-2H3,(H,14,15). The first-order chi connectivity index (χ1) is 8.58. The van der Waals surface area contributed by atoms with E-state index >= 15 is 0 Å². The number of hydrogen-bond acceptors (Lipinski definition) is 2. The predicted octanol–water partition coefficient (Wildman–Crippen LogP) is 2.77. The van der Waals surface area contributed by atoms with Gasteiger partial charge in [0.25, 0.3) is 0 Å². The summed E-state index contributed by atoms with van der Waals surface area (Å²) in [5.41, 5.74) is 2.09. The van der Waals surface area contributed by atoms with Crippen LogP contribution in [-0.2, 0) is 18.0 Å². The molecule has 3 rings (SSSR count). The van der Waals surface area contributed by atoms with Gasteiger partial charge >= 0.3 is 0 Å². The van der Waals surface area contributed by atoms with Gasteiger partial charge in [0.05, 0.1) is 21.2 Å². The number of benzene rings is 1. The molecule has 1 atom stereocenters. The number of anilines is 1. The minimum atomic E-state index is -1.05. The molecule has 4 nitrogen and oxygen atoms in total. The van der Waals surface area contributed by atoms with Crippen LogP contribution in [0.25, 0.3) is 10.9 Å². The van der Waals surface area contributed by atoms with E-state index in [0.29, 0.717) is 10.8 Å². The SMILES string of the molecule is Cc1ccc(Cl)c2c(NS(=O)C3CC3)nn(C)c12. The van der Waals surface area contributed by atoms with Crippen molar-refractivity contribution >= 4 is 39.3 Å². The summed E-state index contributed by atoms with van der Waals surface area (Å²) in [4.78, 5) is 0. The molecule has 1 aliphatic carbocycles. The van der Waals surface area contributed by atoms with E-state index in [9.17, 15) is 4.21 Å². The summed E-state index contributed by atoms with van der Waals surface area (Å²) in [6.07, 6.45) is 2.05. The molecule has 0 bridgehead atoms. The van der Waals surface area contributed by atoms with E-state index < -0.39 is 11.0 Å². The maximum absolute atomic E-state index is 11.9. The highest BCUT2D eigenvalue weighted by Gasteiger charge is 2.29. The van der Waals surface area contributed by atoms with Gasteiger partial charge in [0.1, 0.15) is 11.0 Å². The number of aromatic nitrogens is 2. The van der Waals surface area contributed by atoms with E-state index in [1.807, 2.05) is 26.1 Å². The van der Waals surface area contributed by atoms with E-state index in [2.05, 4.69) is 9.82 Å². The normalized spacial score (nSPS) is 17.1. The molecule has 0 radical (unpaired) electrons. The smallest absolute Gasteiger partial charge is 0.169 e. The lowest BCUT2D eigenvalue weighted by molar-refractivity contribution is 0.685. The Hall–Kier alpha value is -1.07. The molecule has 1 N–H and O–H groups in total. The van der Waals surface area contributed by atoms with Crippen LogP contribution in [0.1, 0.15) is 18.4 Å². The van der Waals surface area contributed by atoms with Crippen LogP contribution in [-0.4, -0.2) is 19.2 Å².